The van der Waals surface area contributed by atoms with E-state index in [1.54, 1.807) is 31.2 Å². The van der Waals surface area contributed by atoms with Gasteiger partial charge in [-0.1, -0.05) is 17.7 Å². The number of carbonyl (C=O) groups is 1. The summed E-state index contributed by atoms with van der Waals surface area (Å²) in [6.07, 6.45) is 0. The van der Waals surface area contributed by atoms with Crippen molar-refractivity contribution in [2.45, 2.75) is 13.0 Å². The number of azo groups is 1. The average Bonchev–Trinajstić information content (AvgIpc) is 2.63. The molecule has 0 saturated carbocycles. The lowest BCUT2D eigenvalue weighted by molar-refractivity contribution is -0.126. The van der Waals surface area contributed by atoms with Crippen molar-refractivity contribution in [3.05, 3.63) is 29.3 Å². The van der Waals surface area contributed by atoms with Gasteiger partial charge < -0.3 is 5.73 Å². The maximum atomic E-state index is 11.9. The highest BCUT2D eigenvalue weighted by molar-refractivity contribution is 7.80. The summed E-state index contributed by atoms with van der Waals surface area (Å²) in [7, 11) is 0. The molecule has 0 fully saturated rings. The van der Waals surface area contributed by atoms with Gasteiger partial charge in [0.05, 0.1) is 11.4 Å². The number of halogens is 1. The SMILES string of the molecule is CC1=NN(C(N)=S)C(=O)C1N=Nc1cccc(Cl)c1. The summed E-state index contributed by atoms with van der Waals surface area (Å²) >= 11 is 10.5. The van der Waals surface area contributed by atoms with E-state index in [1.165, 1.54) is 0 Å². The normalized spacial score (nSPS) is 19.1. The second-order valence-electron chi connectivity index (χ2n) is 3.83. The van der Waals surface area contributed by atoms with Crippen LogP contribution in [-0.2, 0) is 4.79 Å². The number of nitrogens with zero attached hydrogens (tertiary/aromatic N) is 4. The van der Waals surface area contributed by atoms with E-state index in [1.807, 2.05) is 0 Å². The molecule has 6 nitrogen and oxygen atoms in total. The largest absolute Gasteiger partial charge is 0.374 e. The molecular weight excluding hydrogens is 286 g/mol. The molecule has 0 bridgehead atoms. The maximum absolute atomic E-state index is 11.9. The summed E-state index contributed by atoms with van der Waals surface area (Å²) in [6, 6.07) is 6.05. The predicted octanol–water partition coefficient (Wildman–Crippen LogP) is 2.25. The first-order chi connectivity index (χ1) is 8.99. The van der Waals surface area contributed by atoms with Crippen LogP contribution in [0.1, 0.15) is 6.92 Å². The summed E-state index contributed by atoms with van der Waals surface area (Å²) in [5.41, 5.74) is 6.43. The van der Waals surface area contributed by atoms with Crippen LogP contribution in [0.5, 0.6) is 0 Å². The quantitative estimate of drug-likeness (QED) is 0.671. The Labute approximate surface area is 119 Å². The van der Waals surface area contributed by atoms with Crippen LogP contribution in [0.25, 0.3) is 0 Å². The molecule has 0 radical (unpaired) electrons. The molecule has 98 valence electrons. The Hall–Kier alpha value is -1.86. The highest BCUT2D eigenvalue weighted by Gasteiger charge is 2.35. The van der Waals surface area contributed by atoms with E-state index >= 15 is 0 Å². The van der Waals surface area contributed by atoms with E-state index in [2.05, 4.69) is 15.3 Å². The van der Waals surface area contributed by atoms with Gasteiger partial charge in [0.15, 0.2) is 11.2 Å². The van der Waals surface area contributed by atoms with Crippen molar-refractivity contribution < 1.29 is 4.79 Å². The number of hydrazone groups is 1. The van der Waals surface area contributed by atoms with Crippen molar-refractivity contribution in [1.82, 2.24) is 5.01 Å². The fraction of sp³-hybridized carbons (Fsp3) is 0.182. The molecule has 2 rings (SSSR count). The number of rotatable bonds is 2. The minimum atomic E-state index is -0.791. The Morgan fingerprint density at radius 1 is 1.58 bits per heavy atom. The molecule has 19 heavy (non-hydrogen) atoms. The molecule has 8 heteroatoms. The third-order valence-electron chi connectivity index (χ3n) is 2.40. The van der Waals surface area contributed by atoms with Crippen LogP contribution in [0.15, 0.2) is 39.6 Å². The summed E-state index contributed by atoms with van der Waals surface area (Å²) in [4.78, 5) is 11.9. The Morgan fingerprint density at radius 2 is 2.32 bits per heavy atom. The topological polar surface area (TPSA) is 83.4 Å². The van der Waals surface area contributed by atoms with Gasteiger partial charge in [-0.3, -0.25) is 4.79 Å². The number of hydrogen-bond acceptors (Lipinski definition) is 5. The van der Waals surface area contributed by atoms with Gasteiger partial charge in [-0.2, -0.15) is 20.3 Å². The number of carbonyl (C=O) groups excluding carboxylic acids is 1. The van der Waals surface area contributed by atoms with E-state index in [9.17, 15) is 4.79 Å². The van der Waals surface area contributed by atoms with Crippen LogP contribution in [0.4, 0.5) is 5.69 Å². The fourth-order valence-corrected chi connectivity index (χ4v) is 1.83. The molecule has 0 aliphatic carbocycles. The molecule has 1 aliphatic rings. The highest BCUT2D eigenvalue weighted by Crippen LogP contribution is 2.20. The number of benzene rings is 1. The van der Waals surface area contributed by atoms with Gasteiger partial charge >= 0.3 is 0 Å². The van der Waals surface area contributed by atoms with Crippen molar-refractivity contribution in [3.8, 4) is 0 Å². The van der Waals surface area contributed by atoms with Gasteiger partial charge in [-0.15, -0.1) is 0 Å². The Balaban J connectivity index is 2.18. The molecule has 2 N–H and O–H groups in total. The molecule has 1 heterocycles. The first-order valence-electron chi connectivity index (χ1n) is 5.34. The lowest BCUT2D eigenvalue weighted by Crippen LogP contribution is -2.37. The lowest BCUT2D eigenvalue weighted by atomic mass is 10.2. The Kier molecular flexibility index (Phi) is 3.87. The summed E-state index contributed by atoms with van der Waals surface area (Å²) in [5, 5.41) is 13.3. The van der Waals surface area contributed by atoms with Crippen LogP contribution in [-0.4, -0.2) is 27.8 Å². The van der Waals surface area contributed by atoms with Crippen molar-refractivity contribution in [2.24, 2.45) is 21.1 Å². The second kappa shape index (κ2) is 5.41. The zero-order chi connectivity index (χ0) is 14.0. The number of amides is 1. The molecule has 1 aromatic rings. The Bertz CT molecular complexity index is 601. The van der Waals surface area contributed by atoms with Gasteiger partial charge in [0.1, 0.15) is 0 Å². The molecule has 0 aromatic heterocycles. The standard InChI is InChI=1S/C11H10ClN5OS/c1-6-9(10(18)17(16-6)11(13)19)15-14-8-4-2-3-7(12)5-8/h2-5,9H,1H3,(H2,13,19). The van der Waals surface area contributed by atoms with Crippen LogP contribution in [0.2, 0.25) is 5.02 Å². The minimum Gasteiger partial charge on any atom is -0.374 e. The summed E-state index contributed by atoms with van der Waals surface area (Å²) in [5.74, 6) is -0.407. The van der Waals surface area contributed by atoms with Crippen molar-refractivity contribution >= 4 is 46.2 Å². The van der Waals surface area contributed by atoms with E-state index in [-0.39, 0.29) is 5.11 Å². The van der Waals surface area contributed by atoms with Crippen LogP contribution >= 0.6 is 23.8 Å². The highest BCUT2D eigenvalue weighted by atomic mass is 35.5. The van der Waals surface area contributed by atoms with E-state index in [0.29, 0.717) is 16.4 Å². The second-order valence-corrected chi connectivity index (χ2v) is 4.68. The number of hydrogen-bond donors (Lipinski definition) is 1. The molecule has 1 aliphatic heterocycles. The number of thiocarbonyl (C=S) groups is 1. The Morgan fingerprint density at radius 3 is 2.89 bits per heavy atom. The van der Waals surface area contributed by atoms with Crippen LogP contribution < -0.4 is 5.73 Å². The smallest absolute Gasteiger partial charge is 0.282 e. The molecule has 1 atom stereocenters. The van der Waals surface area contributed by atoms with Gasteiger partial charge in [-0.25, -0.2) is 0 Å². The minimum absolute atomic E-state index is 0.107. The average molecular weight is 296 g/mol. The van der Waals surface area contributed by atoms with Crippen LogP contribution in [0, 0.1) is 0 Å². The predicted molar refractivity (Wildman–Crippen MR) is 76.5 cm³/mol. The van der Waals surface area contributed by atoms with Crippen molar-refractivity contribution in [1.29, 1.82) is 0 Å². The third-order valence-corrected chi connectivity index (χ3v) is 2.81. The molecule has 1 unspecified atom stereocenters. The monoisotopic (exact) mass is 295 g/mol. The zero-order valence-corrected chi connectivity index (χ0v) is 11.5. The summed E-state index contributed by atoms with van der Waals surface area (Å²) in [6.45, 7) is 1.66. The van der Waals surface area contributed by atoms with Gasteiger partial charge in [0.25, 0.3) is 5.91 Å². The first kappa shape index (κ1) is 13.6. The van der Waals surface area contributed by atoms with Crippen molar-refractivity contribution in [2.75, 3.05) is 0 Å². The zero-order valence-electron chi connectivity index (χ0n) is 9.95. The van der Waals surface area contributed by atoms with Gasteiger partial charge in [0, 0.05) is 5.02 Å². The molecule has 0 spiro atoms. The molecule has 1 aromatic carbocycles. The molecule has 1 amide bonds. The lowest BCUT2D eigenvalue weighted by Gasteiger charge is -2.08. The van der Waals surface area contributed by atoms with E-state index in [4.69, 9.17) is 29.6 Å². The van der Waals surface area contributed by atoms with Gasteiger partial charge in [-0.05, 0) is 37.3 Å². The fourth-order valence-electron chi connectivity index (χ4n) is 1.51. The van der Waals surface area contributed by atoms with E-state index in [0.717, 1.165) is 5.01 Å². The molecule has 0 saturated heterocycles. The third kappa shape index (κ3) is 2.94. The van der Waals surface area contributed by atoms with Gasteiger partial charge in [0.2, 0.25) is 0 Å². The van der Waals surface area contributed by atoms with E-state index < -0.39 is 11.9 Å². The summed E-state index contributed by atoms with van der Waals surface area (Å²) < 4.78 is 0. The number of nitrogens with two attached hydrogens (primary N) is 1. The maximum Gasteiger partial charge on any atom is 0.282 e. The first-order valence-corrected chi connectivity index (χ1v) is 6.12. The van der Waals surface area contributed by atoms with Crippen LogP contribution in [0.3, 0.4) is 0 Å². The molecular formula is C11H10ClN5OS. The van der Waals surface area contributed by atoms with Crippen molar-refractivity contribution in [3.63, 3.8) is 0 Å².